The molecule has 150 valence electrons. The first kappa shape index (κ1) is 19.1. The molecule has 2 aliphatic heterocycles. The highest BCUT2D eigenvalue weighted by Crippen LogP contribution is 2.41. The fourth-order valence-electron chi connectivity index (χ4n) is 4.56. The van der Waals surface area contributed by atoms with Gasteiger partial charge in [-0.15, -0.1) is 0 Å². The molecule has 4 rings (SSSR count). The Morgan fingerprint density at radius 1 is 1.11 bits per heavy atom. The van der Waals surface area contributed by atoms with Crippen LogP contribution >= 0.6 is 0 Å². The van der Waals surface area contributed by atoms with Gasteiger partial charge in [-0.2, -0.15) is 0 Å². The van der Waals surface area contributed by atoms with Gasteiger partial charge in [0.2, 0.25) is 5.91 Å². The number of aryl methyl sites for hydroxylation is 1. The predicted molar refractivity (Wildman–Crippen MR) is 101 cm³/mol. The number of carbonyl (C=O) groups is 1. The van der Waals surface area contributed by atoms with Gasteiger partial charge >= 0.3 is 0 Å². The summed E-state index contributed by atoms with van der Waals surface area (Å²) >= 11 is 0. The van der Waals surface area contributed by atoms with E-state index in [0.29, 0.717) is 18.5 Å². The molecule has 0 aliphatic carbocycles. The Bertz CT molecular complexity index is 838. The zero-order chi connectivity index (χ0) is 19.7. The zero-order valence-electron chi connectivity index (χ0n) is 16.2. The van der Waals surface area contributed by atoms with Crippen LogP contribution in [0.1, 0.15) is 37.4 Å². The van der Waals surface area contributed by atoms with Crippen molar-refractivity contribution in [3.05, 3.63) is 53.6 Å². The van der Waals surface area contributed by atoms with E-state index in [0.717, 1.165) is 45.1 Å². The smallest absolute Gasteiger partial charge is 0.223 e. The van der Waals surface area contributed by atoms with Gasteiger partial charge in [-0.1, -0.05) is 0 Å². The van der Waals surface area contributed by atoms with Gasteiger partial charge in [-0.05, 0) is 56.0 Å². The number of amides is 1. The number of benzene rings is 1. The summed E-state index contributed by atoms with van der Waals surface area (Å²) < 4.78 is 29.0. The number of hydrogen-bond acceptors (Lipinski definition) is 3. The maximum absolute atomic E-state index is 13.4. The molecule has 3 heterocycles. The number of nitrogens with zero attached hydrogens (tertiary/aromatic N) is 4. The summed E-state index contributed by atoms with van der Waals surface area (Å²) in [5.41, 5.74) is 1.72. The molecule has 28 heavy (non-hydrogen) atoms. The minimum atomic E-state index is -0.601. The van der Waals surface area contributed by atoms with E-state index in [2.05, 4.69) is 21.4 Å². The van der Waals surface area contributed by atoms with E-state index in [4.69, 9.17) is 0 Å². The van der Waals surface area contributed by atoms with Crippen LogP contribution < -0.4 is 0 Å². The van der Waals surface area contributed by atoms with Crippen LogP contribution in [-0.2, 0) is 24.4 Å². The van der Waals surface area contributed by atoms with E-state index in [9.17, 15) is 13.6 Å². The second-order valence-electron chi connectivity index (χ2n) is 8.15. The first-order valence-electron chi connectivity index (χ1n) is 9.90. The van der Waals surface area contributed by atoms with Gasteiger partial charge in [0.25, 0.3) is 0 Å². The second kappa shape index (κ2) is 7.62. The first-order valence-corrected chi connectivity index (χ1v) is 9.90. The Hall–Kier alpha value is -2.28. The molecule has 0 radical (unpaired) electrons. The number of piperidine rings is 1. The van der Waals surface area contributed by atoms with Gasteiger partial charge in [-0.25, -0.2) is 13.8 Å². The summed E-state index contributed by atoms with van der Waals surface area (Å²) in [5.74, 6) is -1.12. The lowest BCUT2D eigenvalue weighted by molar-refractivity contribution is -0.128. The Morgan fingerprint density at radius 2 is 1.82 bits per heavy atom. The average molecular weight is 388 g/mol. The van der Waals surface area contributed by atoms with Crippen molar-refractivity contribution in [2.75, 3.05) is 19.6 Å². The molecule has 0 unspecified atom stereocenters. The summed E-state index contributed by atoms with van der Waals surface area (Å²) in [6, 6.07) is 3.47. The lowest BCUT2D eigenvalue weighted by atomic mass is 9.77. The van der Waals surface area contributed by atoms with E-state index in [1.165, 1.54) is 17.8 Å². The third-order valence-electron chi connectivity index (χ3n) is 6.14. The normalized spacial score (nSPS) is 19.7. The van der Waals surface area contributed by atoms with Crippen molar-refractivity contribution in [3.8, 4) is 0 Å². The van der Waals surface area contributed by atoms with Crippen LogP contribution in [0, 0.1) is 17.0 Å². The number of hydrogen-bond donors (Lipinski definition) is 0. The highest BCUT2D eigenvalue weighted by Gasteiger charge is 2.44. The van der Waals surface area contributed by atoms with E-state index in [-0.39, 0.29) is 17.9 Å². The molecule has 2 aliphatic rings. The Balaban J connectivity index is 1.36. The lowest BCUT2D eigenvalue weighted by Gasteiger charge is -2.38. The number of imidazole rings is 1. The summed E-state index contributed by atoms with van der Waals surface area (Å²) in [6.07, 6.45) is 6.25. The largest absolute Gasteiger partial charge is 0.338 e. The van der Waals surface area contributed by atoms with Gasteiger partial charge in [0.1, 0.15) is 11.6 Å². The molecule has 1 spiro atoms. The summed E-state index contributed by atoms with van der Waals surface area (Å²) in [6.45, 7) is 6.75. The molecule has 0 bridgehead atoms. The lowest BCUT2D eigenvalue weighted by Crippen LogP contribution is -2.41. The third-order valence-corrected chi connectivity index (χ3v) is 6.14. The van der Waals surface area contributed by atoms with Crippen LogP contribution in [0.15, 0.2) is 30.7 Å². The van der Waals surface area contributed by atoms with Crippen LogP contribution in [-0.4, -0.2) is 44.9 Å². The molecule has 1 aromatic heterocycles. The number of carbonyl (C=O) groups excluding carboxylic acids is 1. The molecule has 0 saturated carbocycles. The van der Waals surface area contributed by atoms with E-state index in [1.54, 1.807) is 4.90 Å². The summed E-state index contributed by atoms with van der Waals surface area (Å²) in [5, 5.41) is 0. The molecule has 2 saturated heterocycles. The molecule has 7 heteroatoms. The van der Waals surface area contributed by atoms with E-state index >= 15 is 0 Å². The number of likely N-dealkylation sites (tertiary alicyclic amines) is 2. The minimum absolute atomic E-state index is 0.00947. The van der Waals surface area contributed by atoms with Crippen molar-refractivity contribution in [2.24, 2.45) is 5.41 Å². The van der Waals surface area contributed by atoms with Crippen molar-refractivity contribution in [3.63, 3.8) is 0 Å². The number of rotatable bonds is 5. The summed E-state index contributed by atoms with van der Waals surface area (Å²) in [7, 11) is 0. The number of halogens is 2. The maximum Gasteiger partial charge on any atom is 0.223 e. The van der Waals surface area contributed by atoms with Crippen LogP contribution in [0.2, 0.25) is 0 Å². The van der Waals surface area contributed by atoms with Gasteiger partial charge in [0.15, 0.2) is 0 Å². The number of aromatic nitrogens is 2. The third kappa shape index (κ3) is 3.94. The van der Waals surface area contributed by atoms with Gasteiger partial charge < -0.3 is 9.47 Å². The van der Waals surface area contributed by atoms with Crippen molar-refractivity contribution < 1.29 is 13.6 Å². The highest BCUT2D eigenvalue weighted by atomic mass is 19.1. The Kier molecular flexibility index (Phi) is 5.19. The fraction of sp³-hybridized carbons (Fsp3) is 0.524. The molecule has 1 aromatic carbocycles. The monoisotopic (exact) mass is 388 g/mol. The SMILES string of the molecule is CCn1cncc1CN1CCC2(CC1)CC(=O)N(Cc1cc(F)cc(F)c1)C2. The van der Waals surface area contributed by atoms with Crippen molar-refractivity contribution in [1.29, 1.82) is 0 Å². The maximum atomic E-state index is 13.4. The molecular formula is C21H26F2N4O. The molecule has 5 nitrogen and oxygen atoms in total. The van der Waals surface area contributed by atoms with E-state index in [1.807, 2.05) is 12.5 Å². The van der Waals surface area contributed by atoms with Crippen LogP contribution in [0.25, 0.3) is 0 Å². The Morgan fingerprint density at radius 3 is 2.50 bits per heavy atom. The fourth-order valence-corrected chi connectivity index (χ4v) is 4.56. The van der Waals surface area contributed by atoms with Gasteiger partial charge in [0, 0.05) is 44.9 Å². The van der Waals surface area contributed by atoms with Crippen LogP contribution in [0.5, 0.6) is 0 Å². The van der Waals surface area contributed by atoms with Gasteiger partial charge in [0.05, 0.1) is 12.0 Å². The van der Waals surface area contributed by atoms with Crippen LogP contribution in [0.3, 0.4) is 0 Å². The van der Waals surface area contributed by atoms with Crippen molar-refractivity contribution in [1.82, 2.24) is 19.4 Å². The molecule has 1 amide bonds. The molecule has 2 aromatic rings. The first-order chi connectivity index (χ1) is 13.5. The van der Waals surface area contributed by atoms with Crippen molar-refractivity contribution >= 4 is 5.91 Å². The molecule has 2 fully saturated rings. The average Bonchev–Trinajstić information content (AvgIpc) is 3.21. The Labute approximate surface area is 164 Å². The quantitative estimate of drug-likeness (QED) is 0.790. The van der Waals surface area contributed by atoms with Crippen molar-refractivity contribution in [2.45, 2.75) is 45.8 Å². The highest BCUT2D eigenvalue weighted by molar-refractivity contribution is 5.79. The molecule has 0 N–H and O–H groups in total. The van der Waals surface area contributed by atoms with Crippen LogP contribution in [0.4, 0.5) is 8.78 Å². The molecule has 0 atom stereocenters. The predicted octanol–water partition coefficient (Wildman–Crippen LogP) is 3.20. The minimum Gasteiger partial charge on any atom is -0.338 e. The second-order valence-corrected chi connectivity index (χ2v) is 8.15. The standard InChI is InChI=1S/C21H26F2N4O/c1-2-26-15-24-11-19(26)13-25-5-3-21(4-6-25)10-20(28)27(14-21)12-16-7-17(22)9-18(23)8-16/h7-9,11,15H,2-6,10,12-14H2,1H3. The van der Waals surface area contributed by atoms with E-state index < -0.39 is 11.6 Å². The van der Waals surface area contributed by atoms with Gasteiger partial charge in [-0.3, -0.25) is 9.69 Å². The topological polar surface area (TPSA) is 41.4 Å². The zero-order valence-corrected chi connectivity index (χ0v) is 16.2. The molecular weight excluding hydrogens is 362 g/mol. The summed E-state index contributed by atoms with van der Waals surface area (Å²) in [4.78, 5) is 21.0.